The molecule has 0 saturated heterocycles. The van der Waals surface area contributed by atoms with Gasteiger partial charge in [0.25, 0.3) is 0 Å². The van der Waals surface area contributed by atoms with Crippen LogP contribution in [0.5, 0.6) is 0 Å². The van der Waals surface area contributed by atoms with Gasteiger partial charge in [0.2, 0.25) is 0 Å². The molecule has 4 bridgehead atoms. The van der Waals surface area contributed by atoms with E-state index in [1.165, 1.54) is 205 Å². The molecule has 8 unspecified atom stereocenters. The van der Waals surface area contributed by atoms with Gasteiger partial charge in [-0.05, 0) is 351 Å². The zero-order valence-electron chi connectivity index (χ0n) is 89.0. The van der Waals surface area contributed by atoms with E-state index in [2.05, 4.69) is 111 Å². The summed E-state index contributed by atoms with van der Waals surface area (Å²) in [6.45, 7) is 67.2. The van der Waals surface area contributed by atoms with Crippen molar-refractivity contribution in [3.63, 3.8) is 0 Å². The highest BCUT2D eigenvalue weighted by molar-refractivity contribution is 5.78. The van der Waals surface area contributed by atoms with Crippen LogP contribution in [-0.4, -0.2) is 81.0 Å². The smallest absolute Gasteiger partial charge is 0.312 e. The average Bonchev–Trinajstić information content (AvgIpc) is 1.54. The molecule has 14 nitrogen and oxygen atoms in total. The van der Waals surface area contributed by atoms with Gasteiger partial charge in [0.05, 0.1) is 38.9 Å². The summed E-state index contributed by atoms with van der Waals surface area (Å²) in [4.78, 5) is 85.5. The number of hydrogen-bond donors (Lipinski definition) is 0. The van der Waals surface area contributed by atoms with Gasteiger partial charge in [-0.15, -0.1) is 0 Å². The zero-order valence-corrected chi connectivity index (χ0v) is 89.0. The standard InChI is InChI=1S/C19H36O2.C17H30O2.C17H32O2.C16H28O2.C15H28O2.2C14H26O2/c1-5-18(2,3)17(20)21-19(4)15-13-11-9-7-6-8-10-12-14-16-19;1-8-14(2,3)13(18)19-17(7)11-12-9-10-16(17,6)15(12,4)5;1-5-16(2,3)15(18)19-17(4)13-11-9-7-6-8-10-12-14-17;1-7-11(2)13(17)18-16(6)10-12-8-9-15(16,5)14(12,3)4;1-5-14(3,4)13(16)17-15(6-2)11-9-7-8-10-12-15;1-5-13(2,3)12(15)16-14(4)10-8-6-7-9-11-14;1-4-12(3)13(15)16-14(5-2)10-8-6-7-9-11-14/h5-16H2,1-4H3;12H,8-11H2,1-7H3;5-14H2,1-4H3;11-12H,7-10H2,1-6H3;5-12H2,1-4H3;5-11H2,1-4H3;12H,4-11H2,1-3H3. The Morgan fingerprint density at radius 2 is 0.460 bits per heavy atom. The summed E-state index contributed by atoms with van der Waals surface area (Å²) in [5.41, 5.74) is -2.49. The van der Waals surface area contributed by atoms with E-state index in [4.69, 9.17) is 33.2 Å². The molecule has 0 radical (unpaired) electrons. The van der Waals surface area contributed by atoms with E-state index in [9.17, 15) is 33.6 Å². The van der Waals surface area contributed by atoms with Crippen LogP contribution in [0.4, 0.5) is 0 Å². The summed E-state index contributed by atoms with van der Waals surface area (Å²) in [5, 5.41) is 0. The quantitative estimate of drug-likeness (QED) is 0.0535. The van der Waals surface area contributed by atoms with Gasteiger partial charge >= 0.3 is 41.8 Å². The number of ether oxygens (including phenoxy) is 7. The van der Waals surface area contributed by atoms with Gasteiger partial charge in [-0.25, -0.2) is 0 Å². The normalized spacial score (nSPS) is 27.5. The van der Waals surface area contributed by atoms with Gasteiger partial charge in [-0.2, -0.15) is 0 Å². The minimum atomic E-state index is -0.370. The molecular formula is C112H206O14. The number of fused-ring (bicyclic) bond motifs is 4. The zero-order chi connectivity index (χ0) is 95.8. The molecule has 9 aliphatic rings. The average molecular weight is 1780 g/mol. The monoisotopic (exact) mass is 1780 g/mol. The summed E-state index contributed by atoms with van der Waals surface area (Å²) in [6, 6.07) is 0. The Bertz CT molecular complexity index is 3190. The highest BCUT2D eigenvalue weighted by atomic mass is 16.6. The molecule has 0 aromatic rings. The minimum Gasteiger partial charge on any atom is -0.459 e. The molecule has 738 valence electrons. The van der Waals surface area contributed by atoms with Gasteiger partial charge in [-0.1, -0.05) is 233 Å². The molecule has 0 N–H and O–H groups in total. The number of hydrogen-bond acceptors (Lipinski definition) is 14. The molecule has 0 aliphatic heterocycles. The summed E-state index contributed by atoms with van der Waals surface area (Å²) in [7, 11) is 0. The maximum atomic E-state index is 12.5. The molecule has 0 amide bonds. The van der Waals surface area contributed by atoms with E-state index >= 15 is 0 Å². The van der Waals surface area contributed by atoms with Gasteiger partial charge < -0.3 is 33.2 Å². The highest BCUT2D eigenvalue weighted by Gasteiger charge is 2.70. The largest absolute Gasteiger partial charge is 0.459 e. The molecule has 8 atom stereocenters. The van der Waals surface area contributed by atoms with Gasteiger partial charge in [-0.3, -0.25) is 33.6 Å². The van der Waals surface area contributed by atoms with Crippen molar-refractivity contribution in [1.82, 2.24) is 0 Å². The Morgan fingerprint density at radius 3 is 0.667 bits per heavy atom. The maximum absolute atomic E-state index is 12.5. The molecule has 14 heteroatoms. The van der Waals surface area contributed by atoms with Gasteiger partial charge in [0.15, 0.2) is 0 Å². The predicted molar refractivity (Wildman–Crippen MR) is 524 cm³/mol. The first kappa shape index (κ1) is 116. The number of carbonyl (C=O) groups excluding carboxylic acids is 7. The van der Waals surface area contributed by atoms with Crippen LogP contribution in [-0.2, 0) is 66.7 Å². The van der Waals surface area contributed by atoms with Crippen molar-refractivity contribution in [3.8, 4) is 0 Å². The fraction of sp³-hybridized carbons (Fsp3) is 0.938. The topological polar surface area (TPSA) is 184 Å². The fourth-order valence-electron chi connectivity index (χ4n) is 20.9. The molecule has 0 heterocycles. The Hall–Kier alpha value is -3.71. The minimum absolute atomic E-state index is 0.00579. The van der Waals surface area contributed by atoms with Crippen LogP contribution in [0.3, 0.4) is 0 Å². The van der Waals surface area contributed by atoms with E-state index in [-0.39, 0.29) is 142 Å². The lowest BCUT2D eigenvalue weighted by Gasteiger charge is -2.46. The second-order valence-electron chi connectivity index (χ2n) is 47.9. The van der Waals surface area contributed by atoms with Crippen molar-refractivity contribution < 1.29 is 66.7 Å². The molecule has 9 rings (SSSR count). The van der Waals surface area contributed by atoms with Crippen molar-refractivity contribution in [2.24, 2.45) is 72.4 Å². The Morgan fingerprint density at radius 1 is 0.262 bits per heavy atom. The van der Waals surface area contributed by atoms with Crippen molar-refractivity contribution in [3.05, 3.63) is 0 Å². The SMILES string of the molecule is CCC(C)(C)C(=O)OC1(C)CC2CCC1(C)C2(C)C.CCC(C)(C)C(=O)OC1(C)CCCCCC1.CCC(C)(C)C(=O)OC1(C)CCCCCCCCC1.CCC(C)(C)C(=O)OC1(C)CCCCCCCCCCC1.CCC(C)C(=O)OC1(C)CC2CCC1(C)C2(C)C.CCC(C)C(=O)OC1(CC)CCCCCC1.CCC1(OC(=O)C(C)(C)CC)CCCCCC1. The highest BCUT2D eigenvalue weighted by Crippen LogP contribution is 2.72. The van der Waals surface area contributed by atoms with Crippen molar-refractivity contribution >= 4 is 41.8 Å². The van der Waals surface area contributed by atoms with Crippen LogP contribution >= 0.6 is 0 Å². The van der Waals surface area contributed by atoms with Crippen molar-refractivity contribution in [2.45, 2.75) is 601 Å². The lowest BCUT2D eigenvalue weighted by atomic mass is 9.65. The number of rotatable bonds is 23. The third-order valence-corrected chi connectivity index (χ3v) is 35.8. The van der Waals surface area contributed by atoms with E-state index < -0.39 is 0 Å². The molecule has 0 aromatic carbocycles. The first-order valence-corrected chi connectivity index (χ1v) is 53.1. The van der Waals surface area contributed by atoms with Crippen LogP contribution in [0.1, 0.15) is 562 Å². The molecule has 9 fully saturated rings. The Labute approximate surface area is 777 Å². The second kappa shape index (κ2) is 51.1. The molecular weight excluding hydrogens is 1570 g/mol. The lowest BCUT2D eigenvalue weighted by Crippen LogP contribution is -2.49. The van der Waals surface area contributed by atoms with Crippen LogP contribution < -0.4 is 0 Å². The van der Waals surface area contributed by atoms with Crippen LogP contribution in [0.15, 0.2) is 0 Å². The summed E-state index contributed by atoms with van der Waals surface area (Å²) < 4.78 is 41.5. The Kier molecular flexibility index (Phi) is 47.2. The first-order chi connectivity index (χ1) is 58.5. The second-order valence-corrected chi connectivity index (χ2v) is 47.9. The van der Waals surface area contributed by atoms with E-state index in [1.807, 2.05) is 111 Å². The summed E-state index contributed by atoms with van der Waals surface area (Å²) in [5.74, 6) is 1.37. The van der Waals surface area contributed by atoms with Gasteiger partial charge in [0.1, 0.15) is 39.2 Å². The van der Waals surface area contributed by atoms with Crippen LogP contribution in [0.25, 0.3) is 0 Å². The third kappa shape index (κ3) is 33.1. The van der Waals surface area contributed by atoms with E-state index in [1.54, 1.807) is 0 Å². The molecule has 126 heavy (non-hydrogen) atoms. The van der Waals surface area contributed by atoms with Crippen molar-refractivity contribution in [2.75, 3.05) is 0 Å². The van der Waals surface area contributed by atoms with E-state index in [0.717, 1.165) is 135 Å². The lowest BCUT2D eigenvalue weighted by molar-refractivity contribution is -0.185. The molecule has 0 aromatic heterocycles. The van der Waals surface area contributed by atoms with Crippen LogP contribution in [0.2, 0.25) is 0 Å². The van der Waals surface area contributed by atoms with Crippen molar-refractivity contribution in [1.29, 1.82) is 0 Å². The van der Waals surface area contributed by atoms with Gasteiger partial charge in [0, 0.05) is 10.8 Å². The Balaban J connectivity index is 0.000000380. The van der Waals surface area contributed by atoms with Crippen LogP contribution in [0, 0.1) is 72.4 Å². The molecule has 9 saturated carbocycles. The molecule has 9 aliphatic carbocycles. The first-order valence-electron chi connectivity index (χ1n) is 53.1. The number of carbonyl (C=O) groups is 7. The fourth-order valence-corrected chi connectivity index (χ4v) is 20.9. The maximum Gasteiger partial charge on any atom is 0.312 e. The predicted octanol–water partition coefficient (Wildman–Crippen LogP) is 32.7. The number of esters is 7. The summed E-state index contributed by atoms with van der Waals surface area (Å²) >= 11 is 0. The summed E-state index contributed by atoms with van der Waals surface area (Å²) in [6.07, 6.45) is 60.9. The molecule has 0 spiro atoms. The van der Waals surface area contributed by atoms with E-state index in [0.29, 0.717) is 11.8 Å². The third-order valence-electron chi connectivity index (χ3n) is 35.8.